The third-order valence-corrected chi connectivity index (χ3v) is 5.43. The Balaban J connectivity index is 1.82. The van der Waals surface area contributed by atoms with Crippen LogP contribution in [-0.2, 0) is 0 Å². The van der Waals surface area contributed by atoms with Gasteiger partial charge in [0.05, 0.1) is 11.6 Å². The second-order valence-corrected chi connectivity index (χ2v) is 7.89. The highest BCUT2D eigenvalue weighted by Gasteiger charge is 2.35. The van der Waals surface area contributed by atoms with E-state index in [1.165, 1.54) is 0 Å². The van der Waals surface area contributed by atoms with Gasteiger partial charge >= 0.3 is 6.03 Å². The normalized spacial score (nSPS) is 16.7. The van der Waals surface area contributed by atoms with Crippen LogP contribution in [0.2, 0.25) is 10.0 Å². The predicted molar refractivity (Wildman–Crippen MR) is 117 cm³/mol. The zero-order valence-electron chi connectivity index (χ0n) is 16.5. The first kappa shape index (κ1) is 20.4. The molecule has 0 bridgehead atoms. The van der Waals surface area contributed by atoms with Gasteiger partial charge in [0, 0.05) is 27.9 Å². The van der Waals surface area contributed by atoms with Crippen LogP contribution in [0.4, 0.5) is 4.79 Å². The van der Waals surface area contributed by atoms with Crippen LogP contribution in [0.25, 0.3) is 17.0 Å². The Labute approximate surface area is 184 Å². The van der Waals surface area contributed by atoms with Crippen LogP contribution in [0.15, 0.2) is 58.8 Å². The largest absolute Gasteiger partial charge is 0.334 e. The van der Waals surface area contributed by atoms with Gasteiger partial charge in [-0.2, -0.15) is 4.98 Å². The second kappa shape index (κ2) is 8.50. The lowest BCUT2D eigenvalue weighted by atomic mass is 9.94. The smallest absolute Gasteiger partial charge is 0.322 e. The molecule has 0 saturated heterocycles. The van der Waals surface area contributed by atoms with Gasteiger partial charge in [0.1, 0.15) is 0 Å². The Bertz CT molecular complexity index is 1130. The van der Waals surface area contributed by atoms with E-state index in [0.717, 1.165) is 28.8 Å². The summed E-state index contributed by atoms with van der Waals surface area (Å²) in [5.41, 5.74) is 3.10. The molecule has 0 aliphatic carbocycles. The van der Waals surface area contributed by atoms with Gasteiger partial charge in [-0.15, -0.1) is 0 Å². The molecule has 2 heterocycles. The van der Waals surface area contributed by atoms with Gasteiger partial charge in [-0.1, -0.05) is 59.5 Å². The number of amides is 2. The molecule has 1 aliphatic rings. The highest BCUT2D eigenvalue weighted by molar-refractivity contribution is 6.31. The minimum absolute atomic E-state index is 0.169. The maximum atomic E-state index is 12.8. The summed E-state index contributed by atoms with van der Waals surface area (Å²) in [5, 5.41) is 8.36. The topological polar surface area (TPSA) is 71.3 Å². The molecule has 8 heteroatoms. The molecule has 0 spiro atoms. The molecule has 2 aromatic carbocycles. The fourth-order valence-corrected chi connectivity index (χ4v) is 3.95. The number of carbonyl (C=O) groups excluding carboxylic acids is 1. The summed E-state index contributed by atoms with van der Waals surface area (Å²) in [6.07, 6.45) is 0.817. The first-order chi connectivity index (χ1) is 14.5. The lowest BCUT2D eigenvalue weighted by molar-refractivity contribution is 0.205. The minimum Gasteiger partial charge on any atom is -0.334 e. The van der Waals surface area contributed by atoms with Crippen molar-refractivity contribution in [3.05, 3.63) is 75.7 Å². The van der Waals surface area contributed by atoms with Crippen LogP contribution < -0.4 is 5.32 Å². The molecule has 6 nitrogen and oxygen atoms in total. The number of halogens is 2. The van der Waals surface area contributed by atoms with E-state index in [0.29, 0.717) is 28.3 Å². The van der Waals surface area contributed by atoms with Gasteiger partial charge in [0.2, 0.25) is 5.82 Å². The third-order valence-electron chi connectivity index (χ3n) is 4.96. The monoisotopic (exact) mass is 442 g/mol. The number of carbonyl (C=O) groups is 1. The molecule has 30 heavy (non-hydrogen) atoms. The fourth-order valence-electron chi connectivity index (χ4n) is 3.57. The van der Waals surface area contributed by atoms with Crippen LogP contribution in [0.1, 0.15) is 37.8 Å². The van der Waals surface area contributed by atoms with Crippen molar-refractivity contribution in [2.75, 3.05) is 6.54 Å². The first-order valence-electron chi connectivity index (χ1n) is 9.62. The van der Waals surface area contributed by atoms with Gasteiger partial charge in [-0.3, -0.25) is 4.90 Å². The lowest BCUT2D eigenvalue weighted by Gasteiger charge is -2.35. The van der Waals surface area contributed by atoms with Crippen LogP contribution in [-0.4, -0.2) is 27.6 Å². The van der Waals surface area contributed by atoms with E-state index in [9.17, 15) is 4.79 Å². The van der Waals surface area contributed by atoms with E-state index in [1.807, 2.05) is 44.2 Å². The molecular formula is C22H20Cl2N4O2. The molecule has 1 aromatic heterocycles. The van der Waals surface area contributed by atoms with Crippen molar-refractivity contribution in [3.8, 4) is 11.4 Å². The Morgan fingerprint density at radius 1 is 1.13 bits per heavy atom. The molecule has 1 unspecified atom stereocenters. The maximum Gasteiger partial charge on any atom is 0.322 e. The van der Waals surface area contributed by atoms with Gasteiger partial charge < -0.3 is 9.84 Å². The van der Waals surface area contributed by atoms with Crippen molar-refractivity contribution in [3.63, 3.8) is 0 Å². The number of rotatable bonds is 5. The summed E-state index contributed by atoms with van der Waals surface area (Å²) in [6, 6.07) is 14.0. The van der Waals surface area contributed by atoms with Crippen LogP contribution in [0.5, 0.6) is 0 Å². The molecule has 2 amide bonds. The van der Waals surface area contributed by atoms with E-state index in [1.54, 1.807) is 23.1 Å². The Hall–Kier alpha value is -2.83. The van der Waals surface area contributed by atoms with Crippen LogP contribution >= 0.6 is 23.2 Å². The average Bonchev–Trinajstić information content (AvgIpc) is 3.20. The summed E-state index contributed by atoms with van der Waals surface area (Å²) < 4.78 is 5.64. The Morgan fingerprint density at radius 3 is 2.57 bits per heavy atom. The standard InChI is InChI=1S/C22H20Cl2N4O2/c1-3-10-28-13(2)18(19(25-22(28)29)14-6-4-8-16(23)11-14)21-26-20(27-30-21)15-7-5-9-17(24)12-15/h4-9,11-12,19H,3,10H2,1-2H3,(H,25,29). The molecule has 3 aromatic rings. The molecule has 4 rings (SSSR count). The van der Waals surface area contributed by atoms with Gasteiger partial charge in [-0.05, 0) is 43.2 Å². The molecular weight excluding hydrogens is 423 g/mol. The van der Waals surface area contributed by atoms with Crippen molar-refractivity contribution in [1.82, 2.24) is 20.4 Å². The molecule has 0 fully saturated rings. The first-order valence-corrected chi connectivity index (χ1v) is 10.4. The number of nitrogens with zero attached hydrogens (tertiary/aromatic N) is 3. The van der Waals surface area contributed by atoms with E-state index in [2.05, 4.69) is 15.5 Å². The highest BCUT2D eigenvalue weighted by Crippen LogP contribution is 2.38. The van der Waals surface area contributed by atoms with Gasteiger partial charge in [-0.25, -0.2) is 4.79 Å². The van der Waals surface area contributed by atoms with E-state index in [-0.39, 0.29) is 6.03 Å². The molecule has 154 valence electrons. The van der Waals surface area contributed by atoms with E-state index < -0.39 is 6.04 Å². The minimum atomic E-state index is -0.461. The van der Waals surface area contributed by atoms with E-state index in [4.69, 9.17) is 27.7 Å². The third kappa shape index (κ3) is 3.93. The summed E-state index contributed by atoms with van der Waals surface area (Å²) in [7, 11) is 0. The number of benzene rings is 2. The number of nitrogens with one attached hydrogen (secondary N) is 1. The van der Waals surface area contributed by atoms with Crippen molar-refractivity contribution < 1.29 is 9.32 Å². The molecule has 1 N–H and O–H groups in total. The quantitative estimate of drug-likeness (QED) is 0.529. The Kier molecular flexibility index (Phi) is 5.79. The van der Waals surface area contributed by atoms with Crippen molar-refractivity contribution in [1.29, 1.82) is 0 Å². The average molecular weight is 443 g/mol. The van der Waals surface area contributed by atoms with Crippen molar-refractivity contribution in [2.45, 2.75) is 26.3 Å². The maximum absolute atomic E-state index is 12.8. The van der Waals surface area contributed by atoms with E-state index >= 15 is 0 Å². The van der Waals surface area contributed by atoms with Crippen molar-refractivity contribution >= 4 is 34.8 Å². The highest BCUT2D eigenvalue weighted by atomic mass is 35.5. The zero-order chi connectivity index (χ0) is 21.3. The van der Waals surface area contributed by atoms with Gasteiger partial charge in [0.15, 0.2) is 0 Å². The molecule has 1 atom stereocenters. The molecule has 1 aliphatic heterocycles. The molecule has 0 radical (unpaired) electrons. The van der Waals surface area contributed by atoms with Crippen molar-refractivity contribution in [2.24, 2.45) is 0 Å². The number of aromatic nitrogens is 2. The summed E-state index contributed by atoms with van der Waals surface area (Å²) in [5.74, 6) is 0.769. The number of allylic oxidation sites excluding steroid dienone is 1. The summed E-state index contributed by atoms with van der Waals surface area (Å²) in [6.45, 7) is 4.50. The number of urea groups is 1. The van der Waals surface area contributed by atoms with Crippen LogP contribution in [0, 0.1) is 0 Å². The van der Waals surface area contributed by atoms with Crippen LogP contribution in [0.3, 0.4) is 0 Å². The lowest BCUT2D eigenvalue weighted by Crippen LogP contribution is -2.46. The zero-order valence-corrected chi connectivity index (χ0v) is 18.0. The van der Waals surface area contributed by atoms with Gasteiger partial charge in [0.25, 0.3) is 5.89 Å². The fraction of sp³-hybridized carbons (Fsp3) is 0.227. The SMILES string of the molecule is CCCN1C(=O)NC(c2cccc(Cl)c2)C(c2nc(-c3cccc(Cl)c3)no2)=C1C. The number of hydrogen-bond donors (Lipinski definition) is 1. The molecule has 0 saturated carbocycles. The number of hydrogen-bond acceptors (Lipinski definition) is 4. The second-order valence-electron chi connectivity index (χ2n) is 7.02. The Morgan fingerprint density at radius 2 is 1.87 bits per heavy atom. The summed E-state index contributed by atoms with van der Waals surface area (Å²) >= 11 is 12.3. The summed E-state index contributed by atoms with van der Waals surface area (Å²) in [4.78, 5) is 19.1. The predicted octanol–water partition coefficient (Wildman–Crippen LogP) is 5.95.